The number of alkyl halides is 3. The molecule has 1 heterocycles. The number of benzene rings is 1. The van der Waals surface area contributed by atoms with Crippen LogP contribution >= 0.6 is 0 Å². The molecule has 1 saturated heterocycles. The Morgan fingerprint density at radius 3 is 2.75 bits per heavy atom. The number of para-hydroxylation sites is 1. The van der Waals surface area contributed by atoms with Crippen molar-refractivity contribution in [2.24, 2.45) is 5.92 Å². The topological polar surface area (TPSA) is 46.3 Å². The minimum absolute atomic E-state index is 0.0799. The van der Waals surface area contributed by atoms with E-state index in [0.29, 0.717) is 18.7 Å². The van der Waals surface area contributed by atoms with Crippen LogP contribution in [0.25, 0.3) is 0 Å². The Labute approximate surface area is 115 Å². The van der Waals surface area contributed by atoms with Gasteiger partial charge in [-0.3, -0.25) is 4.79 Å². The van der Waals surface area contributed by atoms with Gasteiger partial charge in [-0.05, 0) is 31.4 Å². The monoisotopic (exact) mass is 286 g/mol. The van der Waals surface area contributed by atoms with Crippen molar-refractivity contribution >= 4 is 11.6 Å². The second-order valence-corrected chi connectivity index (χ2v) is 5.17. The third-order valence-corrected chi connectivity index (χ3v) is 3.73. The van der Waals surface area contributed by atoms with Crippen molar-refractivity contribution in [2.45, 2.75) is 25.9 Å². The molecule has 2 rings (SSSR count). The number of amides is 1. The lowest BCUT2D eigenvalue weighted by molar-refractivity contribution is -0.184. The number of nitrogens with zero attached hydrogens (tertiary/aromatic N) is 1. The third-order valence-electron chi connectivity index (χ3n) is 3.73. The zero-order chi connectivity index (χ0) is 14.9. The summed E-state index contributed by atoms with van der Waals surface area (Å²) in [6.07, 6.45) is -3.81. The number of nitrogens with two attached hydrogens (primary N) is 1. The van der Waals surface area contributed by atoms with Crippen molar-refractivity contribution < 1.29 is 18.0 Å². The molecule has 0 aliphatic carbocycles. The van der Waals surface area contributed by atoms with Crippen LogP contribution in [0.3, 0.4) is 0 Å². The van der Waals surface area contributed by atoms with Crippen LogP contribution in [0.4, 0.5) is 18.9 Å². The molecule has 0 aromatic heterocycles. The van der Waals surface area contributed by atoms with Gasteiger partial charge >= 0.3 is 6.18 Å². The number of anilines is 1. The van der Waals surface area contributed by atoms with Crippen molar-refractivity contribution in [3.05, 3.63) is 29.3 Å². The maximum atomic E-state index is 12.8. The largest absolute Gasteiger partial charge is 0.398 e. The molecule has 1 aromatic rings. The number of hydrogen-bond donors (Lipinski definition) is 1. The number of carbonyl (C=O) groups is 1. The van der Waals surface area contributed by atoms with E-state index in [1.165, 1.54) is 4.90 Å². The first-order valence-electron chi connectivity index (χ1n) is 6.51. The highest BCUT2D eigenvalue weighted by molar-refractivity contribution is 5.99. The molecule has 1 aliphatic heterocycles. The fourth-order valence-electron chi connectivity index (χ4n) is 2.47. The van der Waals surface area contributed by atoms with Gasteiger partial charge in [-0.25, -0.2) is 0 Å². The van der Waals surface area contributed by atoms with E-state index in [0.717, 1.165) is 5.56 Å². The van der Waals surface area contributed by atoms with Crippen molar-refractivity contribution in [2.75, 3.05) is 18.8 Å². The first-order chi connectivity index (χ1) is 9.30. The zero-order valence-electron chi connectivity index (χ0n) is 11.2. The minimum Gasteiger partial charge on any atom is -0.398 e. The summed E-state index contributed by atoms with van der Waals surface area (Å²) in [4.78, 5) is 13.6. The predicted molar refractivity (Wildman–Crippen MR) is 70.3 cm³/mol. The van der Waals surface area contributed by atoms with E-state index in [2.05, 4.69) is 0 Å². The van der Waals surface area contributed by atoms with E-state index in [9.17, 15) is 18.0 Å². The summed E-state index contributed by atoms with van der Waals surface area (Å²) >= 11 is 0. The maximum Gasteiger partial charge on any atom is 0.393 e. The molecule has 1 aromatic carbocycles. The molecule has 1 fully saturated rings. The maximum absolute atomic E-state index is 12.8. The number of nitrogen functional groups attached to an aromatic ring is 1. The molecule has 110 valence electrons. The lowest BCUT2D eigenvalue weighted by atomic mass is 9.96. The van der Waals surface area contributed by atoms with E-state index >= 15 is 0 Å². The van der Waals surface area contributed by atoms with Crippen LogP contribution in [0.1, 0.15) is 28.8 Å². The van der Waals surface area contributed by atoms with Gasteiger partial charge in [0.2, 0.25) is 0 Å². The average molecular weight is 286 g/mol. The smallest absolute Gasteiger partial charge is 0.393 e. The molecule has 6 heteroatoms. The summed E-state index contributed by atoms with van der Waals surface area (Å²) in [5, 5.41) is 0. The Kier molecular flexibility index (Phi) is 3.92. The number of halogens is 3. The van der Waals surface area contributed by atoms with E-state index < -0.39 is 18.0 Å². The minimum atomic E-state index is -4.25. The van der Waals surface area contributed by atoms with Gasteiger partial charge < -0.3 is 10.6 Å². The fraction of sp³-hybridized carbons (Fsp3) is 0.500. The summed E-state index contributed by atoms with van der Waals surface area (Å²) in [5.41, 5.74) is 7.22. The van der Waals surface area contributed by atoms with Crippen LogP contribution in [-0.4, -0.2) is 30.1 Å². The highest BCUT2D eigenvalue weighted by Gasteiger charge is 2.42. The molecule has 0 radical (unpaired) electrons. The van der Waals surface area contributed by atoms with Gasteiger partial charge in [0.05, 0.1) is 11.5 Å². The summed E-state index contributed by atoms with van der Waals surface area (Å²) in [6.45, 7) is 1.83. The van der Waals surface area contributed by atoms with E-state index in [-0.39, 0.29) is 18.5 Å². The normalized spacial score (nSPS) is 20.0. The van der Waals surface area contributed by atoms with Crippen LogP contribution in [0.5, 0.6) is 0 Å². The highest BCUT2D eigenvalue weighted by atomic mass is 19.4. The van der Waals surface area contributed by atoms with Crippen LogP contribution in [0.15, 0.2) is 18.2 Å². The third kappa shape index (κ3) is 2.89. The SMILES string of the molecule is Cc1cccc(C(=O)N2CCCC(C(F)(F)F)C2)c1N. The second-order valence-electron chi connectivity index (χ2n) is 5.17. The number of piperidine rings is 1. The van der Waals surface area contributed by atoms with Gasteiger partial charge in [0, 0.05) is 18.8 Å². The highest BCUT2D eigenvalue weighted by Crippen LogP contribution is 2.33. The molecule has 1 aliphatic rings. The summed E-state index contributed by atoms with van der Waals surface area (Å²) in [5.74, 6) is -1.86. The van der Waals surface area contributed by atoms with E-state index in [4.69, 9.17) is 5.73 Å². The first-order valence-corrected chi connectivity index (χ1v) is 6.51. The van der Waals surface area contributed by atoms with Crippen LogP contribution < -0.4 is 5.73 Å². The van der Waals surface area contributed by atoms with Crippen LogP contribution in [0.2, 0.25) is 0 Å². The summed E-state index contributed by atoms with van der Waals surface area (Å²) < 4.78 is 38.3. The molecule has 1 unspecified atom stereocenters. The van der Waals surface area contributed by atoms with Gasteiger partial charge in [-0.1, -0.05) is 12.1 Å². The molecule has 0 bridgehead atoms. The number of likely N-dealkylation sites (tertiary alicyclic amines) is 1. The molecule has 0 saturated carbocycles. The molecular formula is C14H17F3N2O. The van der Waals surface area contributed by atoms with Gasteiger partial charge in [-0.2, -0.15) is 13.2 Å². The van der Waals surface area contributed by atoms with Crippen molar-refractivity contribution in [1.29, 1.82) is 0 Å². The van der Waals surface area contributed by atoms with E-state index in [1.807, 2.05) is 0 Å². The van der Waals surface area contributed by atoms with Crippen molar-refractivity contribution in [3.63, 3.8) is 0 Å². The summed E-state index contributed by atoms with van der Waals surface area (Å²) in [6, 6.07) is 5.01. The Bertz CT molecular complexity index is 514. The van der Waals surface area contributed by atoms with Gasteiger partial charge in [0.25, 0.3) is 5.91 Å². The lowest BCUT2D eigenvalue weighted by Crippen LogP contribution is -2.44. The Morgan fingerprint density at radius 2 is 2.10 bits per heavy atom. The molecule has 1 amide bonds. The zero-order valence-corrected chi connectivity index (χ0v) is 11.2. The number of rotatable bonds is 1. The number of hydrogen-bond acceptors (Lipinski definition) is 2. The standard InChI is InChI=1S/C14H17F3N2O/c1-9-4-2-6-11(12(9)18)13(20)19-7-3-5-10(8-19)14(15,16)17/h2,4,6,10H,3,5,7-8,18H2,1H3. The predicted octanol–water partition coefficient (Wildman–Crippen LogP) is 2.99. The molecular weight excluding hydrogens is 269 g/mol. The molecule has 3 nitrogen and oxygen atoms in total. The van der Waals surface area contributed by atoms with Gasteiger partial charge in [0.1, 0.15) is 0 Å². The Hall–Kier alpha value is -1.72. The first kappa shape index (κ1) is 14.7. The van der Waals surface area contributed by atoms with Crippen molar-refractivity contribution in [3.8, 4) is 0 Å². The van der Waals surface area contributed by atoms with Crippen LogP contribution in [-0.2, 0) is 0 Å². The Morgan fingerprint density at radius 1 is 1.40 bits per heavy atom. The number of aryl methyl sites for hydroxylation is 1. The van der Waals surface area contributed by atoms with Gasteiger partial charge in [-0.15, -0.1) is 0 Å². The van der Waals surface area contributed by atoms with Gasteiger partial charge in [0.15, 0.2) is 0 Å². The average Bonchev–Trinajstić information content (AvgIpc) is 2.40. The van der Waals surface area contributed by atoms with Crippen molar-refractivity contribution in [1.82, 2.24) is 4.90 Å². The summed E-state index contributed by atoms with van der Waals surface area (Å²) in [7, 11) is 0. The fourth-order valence-corrected chi connectivity index (χ4v) is 2.47. The molecule has 0 spiro atoms. The molecule has 20 heavy (non-hydrogen) atoms. The Balaban J connectivity index is 2.19. The quantitative estimate of drug-likeness (QED) is 0.807. The molecule has 1 atom stereocenters. The number of carbonyl (C=O) groups excluding carboxylic acids is 1. The van der Waals surface area contributed by atoms with E-state index in [1.54, 1.807) is 25.1 Å². The molecule has 2 N–H and O–H groups in total. The van der Waals surface area contributed by atoms with Crippen LogP contribution in [0, 0.1) is 12.8 Å². The lowest BCUT2D eigenvalue weighted by Gasteiger charge is -2.34. The second kappa shape index (κ2) is 5.34.